The summed E-state index contributed by atoms with van der Waals surface area (Å²) in [6.45, 7) is 0.584. The standard InChI is InChI=1S/C17H21FN2O3/c1-23-15-7-4-11(9-13(15)18)10-16(21)20-8-2-3-14(20)17(22)19-12-5-6-12/h4,7,9,12,14H,2-3,5-6,8,10H2,1H3,(H,19,22). The minimum atomic E-state index is -0.484. The van der Waals surface area contributed by atoms with Crippen molar-refractivity contribution in [1.82, 2.24) is 10.2 Å². The second-order valence-corrected chi connectivity index (χ2v) is 6.17. The Bertz CT molecular complexity index is 616. The highest BCUT2D eigenvalue weighted by Gasteiger charge is 2.36. The number of hydrogen-bond donors (Lipinski definition) is 1. The van der Waals surface area contributed by atoms with Crippen molar-refractivity contribution in [2.45, 2.75) is 44.2 Å². The molecule has 1 aromatic rings. The van der Waals surface area contributed by atoms with Crippen molar-refractivity contribution < 1.29 is 18.7 Å². The smallest absolute Gasteiger partial charge is 0.243 e. The van der Waals surface area contributed by atoms with Gasteiger partial charge in [0.05, 0.1) is 13.5 Å². The maximum Gasteiger partial charge on any atom is 0.243 e. The van der Waals surface area contributed by atoms with Crippen LogP contribution in [-0.4, -0.2) is 42.5 Å². The Hall–Kier alpha value is -2.11. The second-order valence-electron chi connectivity index (χ2n) is 6.17. The van der Waals surface area contributed by atoms with E-state index >= 15 is 0 Å². The molecule has 0 radical (unpaired) electrons. The van der Waals surface area contributed by atoms with E-state index in [1.54, 1.807) is 11.0 Å². The van der Waals surface area contributed by atoms with Gasteiger partial charge in [0, 0.05) is 12.6 Å². The molecule has 1 unspecified atom stereocenters. The normalized spacial score (nSPS) is 20.4. The molecule has 1 heterocycles. The number of carbonyl (C=O) groups excluding carboxylic acids is 2. The van der Waals surface area contributed by atoms with Gasteiger partial charge in [-0.2, -0.15) is 0 Å². The van der Waals surface area contributed by atoms with Crippen LogP contribution in [0, 0.1) is 5.82 Å². The molecule has 1 saturated heterocycles. The molecule has 23 heavy (non-hydrogen) atoms. The van der Waals surface area contributed by atoms with Gasteiger partial charge >= 0.3 is 0 Å². The Balaban J connectivity index is 1.64. The number of hydrogen-bond acceptors (Lipinski definition) is 3. The predicted octanol–water partition coefficient (Wildman–Crippen LogP) is 1.65. The van der Waals surface area contributed by atoms with Gasteiger partial charge < -0.3 is 15.0 Å². The molecule has 3 rings (SSSR count). The zero-order chi connectivity index (χ0) is 16.4. The summed E-state index contributed by atoms with van der Waals surface area (Å²) < 4.78 is 18.6. The molecular formula is C17H21FN2O3. The van der Waals surface area contributed by atoms with Crippen LogP contribution in [0.2, 0.25) is 0 Å². The summed E-state index contributed by atoms with van der Waals surface area (Å²) in [5.74, 6) is -0.520. The molecular weight excluding hydrogens is 299 g/mol. The van der Waals surface area contributed by atoms with Gasteiger partial charge in [0.15, 0.2) is 11.6 Å². The third kappa shape index (κ3) is 3.63. The summed E-state index contributed by atoms with van der Waals surface area (Å²) in [6, 6.07) is 4.41. The summed E-state index contributed by atoms with van der Waals surface area (Å²) in [5.41, 5.74) is 0.585. The number of rotatable bonds is 5. The molecule has 2 aliphatic rings. The van der Waals surface area contributed by atoms with Gasteiger partial charge in [-0.3, -0.25) is 9.59 Å². The van der Waals surface area contributed by atoms with E-state index in [0.29, 0.717) is 18.5 Å². The third-order valence-electron chi connectivity index (χ3n) is 4.37. The molecule has 1 atom stereocenters. The topological polar surface area (TPSA) is 58.6 Å². The monoisotopic (exact) mass is 320 g/mol. The van der Waals surface area contributed by atoms with E-state index < -0.39 is 5.82 Å². The van der Waals surface area contributed by atoms with Crippen molar-refractivity contribution in [2.75, 3.05) is 13.7 Å². The van der Waals surface area contributed by atoms with Gasteiger partial charge in [0.2, 0.25) is 11.8 Å². The number of halogens is 1. The summed E-state index contributed by atoms with van der Waals surface area (Å²) >= 11 is 0. The first-order chi connectivity index (χ1) is 11.1. The maximum absolute atomic E-state index is 13.7. The first kappa shape index (κ1) is 15.8. The van der Waals surface area contributed by atoms with Crippen LogP contribution in [0.25, 0.3) is 0 Å². The number of likely N-dealkylation sites (tertiary alicyclic amines) is 1. The molecule has 2 fully saturated rings. The number of nitrogens with one attached hydrogen (secondary N) is 1. The second kappa shape index (κ2) is 6.56. The van der Waals surface area contributed by atoms with Gasteiger partial charge in [-0.1, -0.05) is 6.07 Å². The van der Waals surface area contributed by atoms with Crippen LogP contribution in [-0.2, 0) is 16.0 Å². The molecule has 6 heteroatoms. The van der Waals surface area contributed by atoms with Gasteiger partial charge in [-0.15, -0.1) is 0 Å². The van der Waals surface area contributed by atoms with Crippen molar-refractivity contribution in [1.29, 1.82) is 0 Å². The van der Waals surface area contributed by atoms with Crippen LogP contribution in [0.15, 0.2) is 18.2 Å². The Morgan fingerprint density at radius 3 is 2.78 bits per heavy atom. The average Bonchev–Trinajstić information content (AvgIpc) is 3.19. The molecule has 124 valence electrons. The fourth-order valence-electron chi connectivity index (χ4n) is 2.96. The molecule has 2 amide bonds. The quantitative estimate of drug-likeness (QED) is 0.897. The summed E-state index contributed by atoms with van der Waals surface area (Å²) in [5, 5.41) is 2.96. The van der Waals surface area contributed by atoms with Gasteiger partial charge in [0.25, 0.3) is 0 Å². The highest BCUT2D eigenvalue weighted by Crippen LogP contribution is 2.24. The van der Waals surface area contributed by atoms with E-state index in [-0.39, 0.29) is 36.1 Å². The van der Waals surface area contributed by atoms with Crippen molar-refractivity contribution in [3.05, 3.63) is 29.6 Å². The van der Waals surface area contributed by atoms with E-state index in [1.165, 1.54) is 19.2 Å². The number of carbonyl (C=O) groups is 2. The van der Waals surface area contributed by atoms with Crippen LogP contribution >= 0.6 is 0 Å². The lowest BCUT2D eigenvalue weighted by Gasteiger charge is -2.24. The zero-order valence-corrected chi connectivity index (χ0v) is 13.2. The third-order valence-corrected chi connectivity index (χ3v) is 4.37. The van der Waals surface area contributed by atoms with Gasteiger partial charge in [0.1, 0.15) is 6.04 Å². The average molecular weight is 320 g/mol. The van der Waals surface area contributed by atoms with E-state index in [0.717, 1.165) is 19.3 Å². The summed E-state index contributed by atoms with van der Waals surface area (Å²) in [6.07, 6.45) is 3.66. The minimum absolute atomic E-state index is 0.0562. The Labute approximate surface area is 134 Å². The van der Waals surface area contributed by atoms with Crippen LogP contribution in [0.1, 0.15) is 31.2 Å². The summed E-state index contributed by atoms with van der Waals surface area (Å²) in [4.78, 5) is 26.3. The van der Waals surface area contributed by atoms with Crippen molar-refractivity contribution in [3.63, 3.8) is 0 Å². The lowest BCUT2D eigenvalue weighted by Crippen LogP contribution is -2.47. The first-order valence-electron chi connectivity index (χ1n) is 8.00. The molecule has 1 saturated carbocycles. The van der Waals surface area contributed by atoms with E-state index in [1.807, 2.05) is 0 Å². The molecule has 1 aliphatic heterocycles. The van der Waals surface area contributed by atoms with Crippen molar-refractivity contribution in [2.24, 2.45) is 0 Å². The SMILES string of the molecule is COc1ccc(CC(=O)N2CCCC2C(=O)NC2CC2)cc1F. The number of amides is 2. The van der Waals surface area contributed by atoms with E-state index in [9.17, 15) is 14.0 Å². The van der Waals surface area contributed by atoms with Crippen LogP contribution in [0.3, 0.4) is 0 Å². The summed E-state index contributed by atoms with van der Waals surface area (Å²) in [7, 11) is 1.40. The van der Waals surface area contributed by atoms with Crippen molar-refractivity contribution >= 4 is 11.8 Å². The highest BCUT2D eigenvalue weighted by atomic mass is 19.1. The first-order valence-corrected chi connectivity index (χ1v) is 8.00. The van der Waals surface area contributed by atoms with E-state index in [2.05, 4.69) is 5.32 Å². The van der Waals surface area contributed by atoms with Crippen LogP contribution in [0.4, 0.5) is 4.39 Å². The lowest BCUT2D eigenvalue weighted by molar-refractivity contribution is -0.138. The molecule has 0 bridgehead atoms. The zero-order valence-electron chi connectivity index (χ0n) is 13.2. The number of benzene rings is 1. The Morgan fingerprint density at radius 2 is 2.13 bits per heavy atom. The Kier molecular flexibility index (Phi) is 4.50. The molecule has 1 aromatic carbocycles. The highest BCUT2D eigenvalue weighted by molar-refractivity contribution is 5.89. The fraction of sp³-hybridized carbons (Fsp3) is 0.529. The fourth-order valence-corrected chi connectivity index (χ4v) is 2.96. The number of methoxy groups -OCH3 is 1. The largest absolute Gasteiger partial charge is 0.494 e. The predicted molar refractivity (Wildman–Crippen MR) is 82.6 cm³/mol. The molecule has 1 aliphatic carbocycles. The maximum atomic E-state index is 13.7. The van der Waals surface area contributed by atoms with E-state index in [4.69, 9.17) is 4.74 Å². The molecule has 5 nitrogen and oxygen atoms in total. The van der Waals surface area contributed by atoms with Crippen LogP contribution in [0.5, 0.6) is 5.75 Å². The van der Waals surface area contributed by atoms with Gasteiger partial charge in [-0.05, 0) is 43.4 Å². The minimum Gasteiger partial charge on any atom is -0.494 e. The van der Waals surface area contributed by atoms with Crippen LogP contribution < -0.4 is 10.1 Å². The molecule has 1 N–H and O–H groups in total. The Morgan fingerprint density at radius 1 is 1.35 bits per heavy atom. The lowest BCUT2D eigenvalue weighted by atomic mass is 10.1. The molecule has 0 spiro atoms. The number of nitrogens with zero attached hydrogens (tertiary/aromatic N) is 1. The molecule has 0 aromatic heterocycles. The number of ether oxygens (including phenoxy) is 1. The van der Waals surface area contributed by atoms with Gasteiger partial charge in [-0.25, -0.2) is 4.39 Å². The van der Waals surface area contributed by atoms with Crippen molar-refractivity contribution in [3.8, 4) is 5.75 Å².